The molecule has 1 N–H and O–H groups in total. The van der Waals surface area contributed by atoms with Crippen molar-refractivity contribution in [3.8, 4) is 0 Å². The van der Waals surface area contributed by atoms with Crippen molar-refractivity contribution in [1.29, 1.82) is 0 Å². The fourth-order valence-electron chi connectivity index (χ4n) is 1.78. The van der Waals surface area contributed by atoms with Crippen LogP contribution in [0.3, 0.4) is 0 Å². The van der Waals surface area contributed by atoms with E-state index in [4.69, 9.17) is 0 Å². The maximum absolute atomic E-state index is 12.3. The molecule has 0 aliphatic carbocycles. The fourth-order valence-corrected chi connectivity index (χ4v) is 1.78. The Morgan fingerprint density at radius 3 is 1.86 bits per heavy atom. The largest absolute Gasteiger partial charge is 0.382 e. The second kappa shape index (κ2) is 4.05. The Labute approximate surface area is 82.4 Å². The SMILES string of the molecule is Cc1cc(C)c(C(O)C(F)F)c(C)c1. The molecule has 0 aromatic heterocycles. The first-order valence-corrected chi connectivity index (χ1v) is 4.47. The van der Waals surface area contributed by atoms with Gasteiger partial charge in [0.2, 0.25) is 0 Å². The number of aryl methyl sites for hydroxylation is 3. The van der Waals surface area contributed by atoms with Crippen LogP contribution in [-0.2, 0) is 0 Å². The van der Waals surface area contributed by atoms with Crippen molar-refractivity contribution in [1.82, 2.24) is 0 Å². The van der Waals surface area contributed by atoms with Gasteiger partial charge in [-0.1, -0.05) is 17.7 Å². The number of benzene rings is 1. The normalized spacial score (nSPS) is 13.4. The van der Waals surface area contributed by atoms with Crippen LogP contribution >= 0.6 is 0 Å². The molecule has 3 heteroatoms. The number of hydrogen-bond acceptors (Lipinski definition) is 1. The van der Waals surface area contributed by atoms with Gasteiger partial charge in [0.25, 0.3) is 6.43 Å². The van der Waals surface area contributed by atoms with Crippen LogP contribution in [0.2, 0.25) is 0 Å². The van der Waals surface area contributed by atoms with E-state index in [1.54, 1.807) is 26.0 Å². The number of hydrogen-bond donors (Lipinski definition) is 1. The van der Waals surface area contributed by atoms with Crippen LogP contribution < -0.4 is 0 Å². The Balaban J connectivity index is 3.20. The van der Waals surface area contributed by atoms with Crippen molar-refractivity contribution in [2.24, 2.45) is 0 Å². The summed E-state index contributed by atoms with van der Waals surface area (Å²) in [6.07, 6.45) is -4.40. The zero-order chi connectivity index (χ0) is 10.9. The van der Waals surface area contributed by atoms with E-state index >= 15 is 0 Å². The van der Waals surface area contributed by atoms with Gasteiger partial charge in [-0.2, -0.15) is 0 Å². The highest BCUT2D eigenvalue weighted by Crippen LogP contribution is 2.27. The number of aliphatic hydroxyl groups is 1. The van der Waals surface area contributed by atoms with Gasteiger partial charge in [-0.3, -0.25) is 0 Å². The second-order valence-corrected chi connectivity index (χ2v) is 3.59. The molecule has 0 spiro atoms. The van der Waals surface area contributed by atoms with Gasteiger partial charge in [0.15, 0.2) is 0 Å². The van der Waals surface area contributed by atoms with Gasteiger partial charge >= 0.3 is 0 Å². The Bertz CT molecular complexity index is 311. The highest BCUT2D eigenvalue weighted by atomic mass is 19.3. The van der Waals surface area contributed by atoms with E-state index < -0.39 is 12.5 Å². The number of rotatable bonds is 2. The monoisotopic (exact) mass is 200 g/mol. The lowest BCUT2D eigenvalue weighted by Crippen LogP contribution is -2.11. The molecule has 1 unspecified atom stereocenters. The Morgan fingerprint density at radius 1 is 1.07 bits per heavy atom. The predicted molar refractivity (Wildman–Crippen MR) is 51.6 cm³/mol. The van der Waals surface area contributed by atoms with Gasteiger partial charge in [0, 0.05) is 0 Å². The average molecular weight is 200 g/mol. The van der Waals surface area contributed by atoms with Crippen molar-refractivity contribution in [2.75, 3.05) is 0 Å². The molecule has 0 bridgehead atoms. The standard InChI is InChI=1S/C11H14F2O/c1-6-4-7(2)9(8(3)5-6)10(14)11(12)13/h4-5,10-11,14H,1-3H3. The van der Waals surface area contributed by atoms with Gasteiger partial charge in [-0.25, -0.2) is 8.78 Å². The smallest absolute Gasteiger partial charge is 0.268 e. The molecule has 0 amide bonds. The first-order chi connectivity index (χ1) is 6.43. The first kappa shape index (κ1) is 11.1. The van der Waals surface area contributed by atoms with E-state index in [9.17, 15) is 13.9 Å². The molecule has 0 heterocycles. The van der Waals surface area contributed by atoms with E-state index in [1.807, 2.05) is 6.92 Å². The van der Waals surface area contributed by atoms with Crippen LogP contribution in [0.1, 0.15) is 28.4 Å². The molecular formula is C11H14F2O. The molecule has 1 aromatic carbocycles. The summed E-state index contributed by atoms with van der Waals surface area (Å²) in [6, 6.07) is 3.60. The summed E-state index contributed by atoms with van der Waals surface area (Å²) in [5.41, 5.74) is 2.81. The Kier molecular flexibility index (Phi) is 3.21. The number of halogens is 2. The van der Waals surface area contributed by atoms with E-state index in [-0.39, 0.29) is 0 Å². The molecule has 1 rings (SSSR count). The van der Waals surface area contributed by atoms with Crippen LogP contribution in [-0.4, -0.2) is 11.5 Å². The van der Waals surface area contributed by atoms with E-state index in [2.05, 4.69) is 0 Å². The summed E-state index contributed by atoms with van der Waals surface area (Å²) in [5.74, 6) is 0. The molecule has 78 valence electrons. The van der Waals surface area contributed by atoms with Gasteiger partial charge in [-0.05, 0) is 37.5 Å². The van der Waals surface area contributed by atoms with E-state index in [0.717, 1.165) is 16.7 Å². The molecule has 1 atom stereocenters. The highest BCUT2D eigenvalue weighted by Gasteiger charge is 2.22. The summed E-state index contributed by atoms with van der Waals surface area (Å²) >= 11 is 0. The van der Waals surface area contributed by atoms with Crippen molar-refractivity contribution in [2.45, 2.75) is 33.3 Å². The number of aliphatic hydroxyl groups excluding tert-OH is 1. The van der Waals surface area contributed by atoms with Gasteiger partial charge in [0.05, 0.1) is 0 Å². The van der Waals surface area contributed by atoms with Crippen LogP contribution in [0, 0.1) is 20.8 Å². The molecule has 0 aliphatic rings. The third-order valence-corrected chi connectivity index (χ3v) is 2.27. The van der Waals surface area contributed by atoms with Crippen LogP contribution in [0.15, 0.2) is 12.1 Å². The van der Waals surface area contributed by atoms with Crippen LogP contribution in [0.25, 0.3) is 0 Å². The zero-order valence-electron chi connectivity index (χ0n) is 8.51. The summed E-state index contributed by atoms with van der Waals surface area (Å²) < 4.78 is 24.6. The summed E-state index contributed by atoms with van der Waals surface area (Å²) in [4.78, 5) is 0. The third-order valence-electron chi connectivity index (χ3n) is 2.27. The summed E-state index contributed by atoms with van der Waals surface area (Å²) in [6.45, 7) is 5.38. The summed E-state index contributed by atoms with van der Waals surface area (Å²) in [5, 5.41) is 9.30. The fraction of sp³-hybridized carbons (Fsp3) is 0.455. The van der Waals surface area contributed by atoms with Crippen LogP contribution in [0.4, 0.5) is 8.78 Å². The lowest BCUT2D eigenvalue weighted by Gasteiger charge is -2.16. The minimum atomic E-state index is -2.73. The second-order valence-electron chi connectivity index (χ2n) is 3.59. The molecule has 0 fully saturated rings. The maximum Gasteiger partial charge on any atom is 0.268 e. The van der Waals surface area contributed by atoms with E-state index in [0.29, 0.717) is 5.56 Å². The lowest BCUT2D eigenvalue weighted by atomic mass is 9.96. The third kappa shape index (κ3) is 2.10. The van der Waals surface area contributed by atoms with Gasteiger partial charge in [-0.15, -0.1) is 0 Å². The van der Waals surface area contributed by atoms with E-state index in [1.165, 1.54) is 0 Å². The maximum atomic E-state index is 12.3. The van der Waals surface area contributed by atoms with Gasteiger partial charge in [0.1, 0.15) is 6.10 Å². The van der Waals surface area contributed by atoms with Crippen molar-refractivity contribution in [3.63, 3.8) is 0 Å². The molecule has 0 radical (unpaired) electrons. The molecular weight excluding hydrogens is 186 g/mol. The summed E-state index contributed by atoms with van der Waals surface area (Å²) in [7, 11) is 0. The minimum Gasteiger partial charge on any atom is -0.382 e. The van der Waals surface area contributed by atoms with Crippen molar-refractivity contribution in [3.05, 3.63) is 34.4 Å². The molecule has 0 saturated heterocycles. The molecule has 14 heavy (non-hydrogen) atoms. The van der Waals surface area contributed by atoms with Crippen molar-refractivity contribution >= 4 is 0 Å². The quantitative estimate of drug-likeness (QED) is 0.778. The predicted octanol–water partition coefficient (Wildman–Crippen LogP) is 2.91. The molecule has 1 aromatic rings. The highest BCUT2D eigenvalue weighted by molar-refractivity contribution is 5.39. The Morgan fingerprint density at radius 2 is 1.50 bits per heavy atom. The number of alkyl halides is 2. The topological polar surface area (TPSA) is 20.2 Å². The molecule has 0 saturated carbocycles. The first-order valence-electron chi connectivity index (χ1n) is 4.47. The average Bonchev–Trinajstić information content (AvgIpc) is 2.01. The Hall–Kier alpha value is -0.960. The zero-order valence-corrected chi connectivity index (χ0v) is 8.51. The van der Waals surface area contributed by atoms with Crippen LogP contribution in [0.5, 0.6) is 0 Å². The van der Waals surface area contributed by atoms with Crippen molar-refractivity contribution < 1.29 is 13.9 Å². The molecule has 0 aliphatic heterocycles. The van der Waals surface area contributed by atoms with Gasteiger partial charge < -0.3 is 5.11 Å². The minimum absolute atomic E-state index is 0.352. The lowest BCUT2D eigenvalue weighted by molar-refractivity contribution is -0.00648. The molecule has 1 nitrogen and oxygen atoms in total.